The first-order chi connectivity index (χ1) is 8.74. The van der Waals surface area contributed by atoms with Gasteiger partial charge in [-0.25, -0.2) is 0 Å². The monoisotopic (exact) mass is 246 g/mol. The first kappa shape index (κ1) is 12.0. The average molecular weight is 246 g/mol. The number of benzene rings is 1. The first-order valence-corrected chi connectivity index (χ1v) is 6.92. The molecule has 1 atom stereocenters. The predicted molar refractivity (Wildman–Crippen MR) is 73.8 cm³/mol. The quantitative estimate of drug-likeness (QED) is 0.865. The van der Waals surface area contributed by atoms with Crippen molar-refractivity contribution in [2.24, 2.45) is 5.92 Å². The van der Waals surface area contributed by atoms with Gasteiger partial charge in [0, 0.05) is 31.4 Å². The zero-order valence-electron chi connectivity index (χ0n) is 11.3. The highest BCUT2D eigenvalue weighted by Crippen LogP contribution is 2.26. The van der Waals surface area contributed by atoms with E-state index in [1.165, 1.54) is 16.8 Å². The lowest BCUT2D eigenvalue weighted by Crippen LogP contribution is -2.53. The molecule has 1 aromatic carbocycles. The van der Waals surface area contributed by atoms with E-state index < -0.39 is 0 Å². The van der Waals surface area contributed by atoms with Crippen LogP contribution in [0.1, 0.15) is 25.0 Å². The number of ether oxygens (including phenoxy) is 1. The molecule has 1 N–H and O–H groups in total. The van der Waals surface area contributed by atoms with E-state index in [4.69, 9.17) is 4.74 Å². The van der Waals surface area contributed by atoms with E-state index in [2.05, 4.69) is 42.3 Å². The van der Waals surface area contributed by atoms with Crippen LogP contribution in [0.5, 0.6) is 0 Å². The van der Waals surface area contributed by atoms with Crippen LogP contribution in [-0.4, -0.2) is 25.7 Å². The molecule has 1 fully saturated rings. The summed E-state index contributed by atoms with van der Waals surface area (Å²) in [5, 5.41) is 3.60. The maximum absolute atomic E-state index is 5.49. The Morgan fingerprint density at radius 2 is 2.11 bits per heavy atom. The fourth-order valence-electron chi connectivity index (χ4n) is 2.81. The molecule has 2 aliphatic rings. The Kier molecular flexibility index (Phi) is 3.27. The summed E-state index contributed by atoms with van der Waals surface area (Å²) in [6.07, 6.45) is 0. The van der Waals surface area contributed by atoms with Gasteiger partial charge in [0.15, 0.2) is 0 Å². The van der Waals surface area contributed by atoms with Crippen LogP contribution in [0.15, 0.2) is 18.2 Å². The van der Waals surface area contributed by atoms with Crippen molar-refractivity contribution in [3.05, 3.63) is 29.3 Å². The lowest BCUT2D eigenvalue weighted by atomic mass is 10.0. The van der Waals surface area contributed by atoms with Crippen LogP contribution in [0.3, 0.4) is 0 Å². The van der Waals surface area contributed by atoms with Crippen LogP contribution < -0.4 is 10.2 Å². The van der Waals surface area contributed by atoms with Crippen molar-refractivity contribution in [1.82, 2.24) is 5.32 Å². The Morgan fingerprint density at radius 3 is 2.94 bits per heavy atom. The molecular weight excluding hydrogens is 224 g/mol. The minimum Gasteiger partial charge on any atom is -0.372 e. The van der Waals surface area contributed by atoms with E-state index in [1.54, 1.807) is 0 Å². The van der Waals surface area contributed by atoms with Gasteiger partial charge in [0.1, 0.15) is 0 Å². The topological polar surface area (TPSA) is 24.5 Å². The smallest absolute Gasteiger partial charge is 0.0725 e. The van der Waals surface area contributed by atoms with E-state index in [-0.39, 0.29) is 0 Å². The van der Waals surface area contributed by atoms with Crippen molar-refractivity contribution < 1.29 is 4.74 Å². The van der Waals surface area contributed by atoms with Gasteiger partial charge in [-0.3, -0.25) is 0 Å². The van der Waals surface area contributed by atoms with Gasteiger partial charge >= 0.3 is 0 Å². The third-order valence-corrected chi connectivity index (χ3v) is 4.08. The van der Waals surface area contributed by atoms with Crippen molar-refractivity contribution in [3.63, 3.8) is 0 Å². The lowest BCUT2D eigenvalue weighted by molar-refractivity contribution is 0.134. The summed E-state index contributed by atoms with van der Waals surface area (Å²) in [6, 6.07) is 7.38. The van der Waals surface area contributed by atoms with Gasteiger partial charge in [0.25, 0.3) is 0 Å². The minimum atomic E-state index is 0.600. The number of nitrogens with zero attached hydrogens (tertiary/aromatic N) is 1. The highest BCUT2D eigenvalue weighted by atomic mass is 16.5. The Balaban J connectivity index is 1.78. The standard InChI is InChI=1S/C15H22N2O/c1-11(2)15-8-17(6-5-16-15)14-4-3-12-9-18-10-13(12)7-14/h3-4,7,11,15-16H,5-6,8-10H2,1-2H3. The maximum Gasteiger partial charge on any atom is 0.0725 e. The third kappa shape index (κ3) is 2.25. The highest BCUT2D eigenvalue weighted by Gasteiger charge is 2.22. The molecule has 2 heterocycles. The first-order valence-electron chi connectivity index (χ1n) is 6.92. The summed E-state index contributed by atoms with van der Waals surface area (Å²) >= 11 is 0. The van der Waals surface area contributed by atoms with Crippen LogP contribution in [-0.2, 0) is 18.0 Å². The van der Waals surface area contributed by atoms with Gasteiger partial charge < -0.3 is 15.0 Å². The van der Waals surface area contributed by atoms with E-state index in [9.17, 15) is 0 Å². The van der Waals surface area contributed by atoms with Crippen LogP contribution in [0.25, 0.3) is 0 Å². The van der Waals surface area contributed by atoms with Crippen LogP contribution in [0, 0.1) is 5.92 Å². The second-order valence-electron chi connectivity index (χ2n) is 5.70. The number of fused-ring (bicyclic) bond motifs is 1. The van der Waals surface area contributed by atoms with E-state index in [1.807, 2.05) is 0 Å². The molecule has 3 heteroatoms. The fourth-order valence-corrected chi connectivity index (χ4v) is 2.81. The van der Waals surface area contributed by atoms with Gasteiger partial charge in [-0.1, -0.05) is 19.9 Å². The SMILES string of the molecule is CC(C)C1CN(c2ccc3c(c2)COC3)CCN1. The Bertz CT molecular complexity index is 431. The van der Waals surface area contributed by atoms with E-state index in [0.717, 1.165) is 32.8 Å². The molecule has 0 spiro atoms. The molecule has 3 rings (SSSR count). The molecule has 0 bridgehead atoms. The zero-order chi connectivity index (χ0) is 12.5. The second-order valence-corrected chi connectivity index (χ2v) is 5.70. The lowest BCUT2D eigenvalue weighted by Gasteiger charge is -2.37. The molecule has 18 heavy (non-hydrogen) atoms. The molecule has 0 amide bonds. The molecule has 3 nitrogen and oxygen atoms in total. The summed E-state index contributed by atoms with van der Waals surface area (Å²) in [7, 11) is 0. The van der Waals surface area contributed by atoms with Crippen molar-refractivity contribution in [3.8, 4) is 0 Å². The average Bonchev–Trinajstić information content (AvgIpc) is 2.86. The number of piperazine rings is 1. The molecule has 0 saturated carbocycles. The zero-order valence-corrected chi connectivity index (χ0v) is 11.3. The maximum atomic E-state index is 5.49. The number of anilines is 1. The van der Waals surface area contributed by atoms with Crippen molar-refractivity contribution in [1.29, 1.82) is 0 Å². The number of nitrogens with one attached hydrogen (secondary N) is 1. The van der Waals surface area contributed by atoms with Crippen LogP contribution >= 0.6 is 0 Å². The van der Waals surface area contributed by atoms with Crippen LogP contribution in [0.4, 0.5) is 5.69 Å². The summed E-state index contributed by atoms with van der Waals surface area (Å²) in [4.78, 5) is 2.50. The number of rotatable bonds is 2. The summed E-state index contributed by atoms with van der Waals surface area (Å²) in [5.41, 5.74) is 4.08. The molecule has 2 aliphatic heterocycles. The molecule has 0 aromatic heterocycles. The largest absolute Gasteiger partial charge is 0.372 e. The van der Waals surface area contributed by atoms with Crippen molar-refractivity contribution in [2.75, 3.05) is 24.5 Å². The van der Waals surface area contributed by atoms with Crippen molar-refractivity contribution >= 4 is 5.69 Å². The number of hydrogen-bond donors (Lipinski definition) is 1. The van der Waals surface area contributed by atoms with Gasteiger partial charge in [0.05, 0.1) is 13.2 Å². The summed E-state index contributed by atoms with van der Waals surface area (Å²) < 4.78 is 5.49. The fraction of sp³-hybridized carbons (Fsp3) is 0.600. The molecule has 1 unspecified atom stereocenters. The molecule has 1 aromatic rings. The molecule has 0 aliphatic carbocycles. The third-order valence-electron chi connectivity index (χ3n) is 4.08. The van der Waals surface area contributed by atoms with Crippen LogP contribution in [0.2, 0.25) is 0 Å². The predicted octanol–water partition coefficient (Wildman–Crippen LogP) is 2.15. The van der Waals surface area contributed by atoms with Gasteiger partial charge in [-0.05, 0) is 29.2 Å². The Morgan fingerprint density at radius 1 is 1.28 bits per heavy atom. The van der Waals surface area contributed by atoms with E-state index >= 15 is 0 Å². The Labute approximate surface area is 109 Å². The Hall–Kier alpha value is -1.06. The number of hydrogen-bond acceptors (Lipinski definition) is 3. The van der Waals surface area contributed by atoms with E-state index in [0.29, 0.717) is 12.0 Å². The van der Waals surface area contributed by atoms with Gasteiger partial charge in [0.2, 0.25) is 0 Å². The van der Waals surface area contributed by atoms with Gasteiger partial charge in [-0.2, -0.15) is 0 Å². The molecule has 1 saturated heterocycles. The summed E-state index contributed by atoms with van der Waals surface area (Å²) in [6.45, 7) is 9.43. The molecular formula is C15H22N2O. The molecule has 0 radical (unpaired) electrons. The minimum absolute atomic E-state index is 0.600. The van der Waals surface area contributed by atoms with Crippen molar-refractivity contribution in [2.45, 2.75) is 33.1 Å². The normalized spacial score (nSPS) is 23.5. The molecule has 98 valence electrons. The second kappa shape index (κ2) is 4.90. The highest BCUT2D eigenvalue weighted by molar-refractivity contribution is 5.52. The van der Waals surface area contributed by atoms with Gasteiger partial charge in [-0.15, -0.1) is 0 Å². The summed E-state index contributed by atoms with van der Waals surface area (Å²) in [5.74, 6) is 0.686.